The Morgan fingerprint density at radius 3 is 2.79 bits per heavy atom. The van der Waals surface area contributed by atoms with E-state index in [0.29, 0.717) is 17.8 Å². The van der Waals surface area contributed by atoms with Gasteiger partial charge in [0, 0.05) is 12.1 Å². The van der Waals surface area contributed by atoms with Crippen LogP contribution in [0, 0.1) is 11.5 Å². The second-order valence-electron chi connectivity index (χ2n) is 8.10. The van der Waals surface area contributed by atoms with Crippen LogP contribution >= 0.6 is 0 Å². The smallest absolute Gasteiger partial charge is 0.358 e. The van der Waals surface area contributed by atoms with Crippen molar-refractivity contribution in [2.75, 3.05) is 13.2 Å². The van der Waals surface area contributed by atoms with E-state index >= 15 is 0 Å². The van der Waals surface area contributed by atoms with Crippen LogP contribution in [0.2, 0.25) is 19.6 Å². The van der Waals surface area contributed by atoms with E-state index in [2.05, 4.69) is 36.1 Å². The number of hydrogen-bond acceptors (Lipinski definition) is 4. The van der Waals surface area contributed by atoms with Crippen LogP contribution in [0.3, 0.4) is 0 Å². The van der Waals surface area contributed by atoms with Gasteiger partial charge in [-0.25, -0.2) is 9.78 Å². The Balaban J connectivity index is 1.85. The number of amides is 1. The Morgan fingerprint density at radius 1 is 1.36 bits per heavy atom. The maximum Gasteiger partial charge on any atom is 0.358 e. The zero-order chi connectivity index (χ0) is 20.1. The first kappa shape index (κ1) is 18.5. The number of aromatic nitrogens is 2. The van der Waals surface area contributed by atoms with Gasteiger partial charge in [-0.3, -0.25) is 9.36 Å². The molecule has 0 N–H and O–H groups in total. The molecule has 2 aromatic rings. The highest BCUT2D eigenvalue weighted by Crippen LogP contribution is 2.41. The second kappa shape index (κ2) is 6.64. The van der Waals surface area contributed by atoms with Gasteiger partial charge in [-0.2, -0.15) is 0 Å². The lowest BCUT2D eigenvalue weighted by Crippen LogP contribution is -2.45. The number of esters is 1. The first-order chi connectivity index (χ1) is 13.3. The van der Waals surface area contributed by atoms with Crippen molar-refractivity contribution in [3.63, 3.8) is 0 Å². The van der Waals surface area contributed by atoms with E-state index in [0.717, 1.165) is 23.4 Å². The molecule has 1 amide bonds. The van der Waals surface area contributed by atoms with Crippen molar-refractivity contribution in [3.8, 4) is 17.2 Å². The second-order valence-corrected chi connectivity index (χ2v) is 12.9. The summed E-state index contributed by atoms with van der Waals surface area (Å²) in [6.07, 6.45) is 2.42. The molecule has 7 heteroatoms. The van der Waals surface area contributed by atoms with Gasteiger partial charge >= 0.3 is 5.97 Å². The third-order valence-electron chi connectivity index (χ3n) is 4.94. The summed E-state index contributed by atoms with van der Waals surface area (Å²) in [6, 6.07) is 5.53. The van der Waals surface area contributed by atoms with E-state index in [4.69, 9.17) is 4.74 Å². The first-order valence-corrected chi connectivity index (χ1v) is 13.0. The van der Waals surface area contributed by atoms with Crippen molar-refractivity contribution in [1.82, 2.24) is 14.5 Å². The number of hydrogen-bond donors (Lipinski definition) is 0. The average Bonchev–Trinajstić information content (AvgIpc) is 3.00. The zero-order valence-corrected chi connectivity index (χ0v) is 17.6. The summed E-state index contributed by atoms with van der Waals surface area (Å²) in [5.74, 6) is 2.75. The third kappa shape index (κ3) is 3.04. The zero-order valence-electron chi connectivity index (χ0n) is 16.6. The van der Waals surface area contributed by atoms with Crippen molar-refractivity contribution in [2.24, 2.45) is 0 Å². The molecule has 0 aliphatic carbocycles. The van der Waals surface area contributed by atoms with Crippen LogP contribution in [-0.2, 0) is 4.74 Å². The monoisotopic (exact) mass is 393 g/mol. The topological polar surface area (TPSA) is 64.4 Å². The molecular formula is C21H23N3O3Si. The predicted molar refractivity (Wildman–Crippen MR) is 108 cm³/mol. The summed E-state index contributed by atoms with van der Waals surface area (Å²) in [4.78, 5) is 31.7. The lowest BCUT2D eigenvalue weighted by atomic mass is 9.97. The molecule has 1 saturated heterocycles. The molecule has 28 heavy (non-hydrogen) atoms. The minimum absolute atomic E-state index is 0.0265. The minimum Gasteiger partial charge on any atom is -0.461 e. The van der Waals surface area contributed by atoms with Crippen LogP contribution in [0.5, 0.6) is 0 Å². The SMILES string of the molecule is CCOC(=O)c1ncn2c1[C@@H]1CCN1C(=O)c1cc(C#C[Si](C)(C)C)ccc1-2. The molecule has 1 aromatic heterocycles. The molecule has 6 nitrogen and oxygen atoms in total. The molecule has 4 rings (SSSR count). The Hall–Kier alpha value is -2.85. The summed E-state index contributed by atoms with van der Waals surface area (Å²) in [5.41, 5.74) is 6.53. The Morgan fingerprint density at radius 2 is 2.14 bits per heavy atom. The van der Waals surface area contributed by atoms with Crippen LogP contribution in [0.15, 0.2) is 24.5 Å². The third-order valence-corrected chi connectivity index (χ3v) is 5.81. The van der Waals surface area contributed by atoms with Crippen molar-refractivity contribution in [3.05, 3.63) is 47.0 Å². The summed E-state index contributed by atoms with van der Waals surface area (Å²) in [5, 5.41) is 0. The number of benzene rings is 1. The Kier molecular flexibility index (Phi) is 4.39. The summed E-state index contributed by atoms with van der Waals surface area (Å²) < 4.78 is 7.03. The standard InChI is InChI=1S/C21H23N3O3Si/c1-5-27-21(26)18-19-17-8-10-23(17)20(25)15-12-14(9-11-28(2,3)4)6-7-16(15)24(19)13-22-18/h6-7,12-13,17H,5,8,10H2,1-4H3/t17-/m0/s1. The van der Waals surface area contributed by atoms with Crippen LogP contribution in [0.25, 0.3) is 5.69 Å². The fourth-order valence-corrected chi connectivity index (χ4v) is 4.07. The Labute approximate surface area is 165 Å². The van der Waals surface area contributed by atoms with Gasteiger partial charge in [0.15, 0.2) is 5.69 Å². The van der Waals surface area contributed by atoms with E-state index < -0.39 is 14.0 Å². The molecule has 0 unspecified atom stereocenters. The highest BCUT2D eigenvalue weighted by Gasteiger charge is 2.42. The molecule has 1 atom stereocenters. The fraction of sp³-hybridized carbons (Fsp3) is 0.381. The van der Waals surface area contributed by atoms with Gasteiger partial charge < -0.3 is 9.64 Å². The van der Waals surface area contributed by atoms with Gasteiger partial charge in [-0.1, -0.05) is 25.6 Å². The van der Waals surface area contributed by atoms with Crippen LogP contribution < -0.4 is 0 Å². The number of ether oxygens (including phenoxy) is 1. The molecular weight excluding hydrogens is 370 g/mol. The van der Waals surface area contributed by atoms with Gasteiger partial charge in [0.1, 0.15) is 14.4 Å². The number of carbonyl (C=O) groups is 2. The lowest BCUT2D eigenvalue weighted by molar-refractivity contribution is 0.0428. The van der Waals surface area contributed by atoms with E-state index in [1.165, 1.54) is 0 Å². The van der Waals surface area contributed by atoms with Crippen LogP contribution in [0.4, 0.5) is 0 Å². The predicted octanol–water partition coefficient (Wildman–Crippen LogP) is 3.18. The number of nitrogens with zero attached hydrogens (tertiary/aromatic N) is 3. The minimum atomic E-state index is -1.51. The van der Waals surface area contributed by atoms with Crippen LogP contribution in [-0.4, -0.2) is 47.6 Å². The van der Waals surface area contributed by atoms with Gasteiger partial charge in [0.2, 0.25) is 0 Å². The Bertz CT molecular complexity index is 1040. The number of fused-ring (bicyclic) bond motifs is 5. The maximum atomic E-state index is 13.2. The van der Waals surface area contributed by atoms with Crippen molar-refractivity contribution in [2.45, 2.75) is 39.0 Å². The van der Waals surface area contributed by atoms with Gasteiger partial charge in [-0.05, 0) is 31.5 Å². The summed E-state index contributed by atoms with van der Waals surface area (Å²) >= 11 is 0. The molecule has 144 valence electrons. The molecule has 3 heterocycles. The highest BCUT2D eigenvalue weighted by atomic mass is 28.3. The normalized spacial score (nSPS) is 17.4. The van der Waals surface area contributed by atoms with Crippen molar-refractivity contribution < 1.29 is 14.3 Å². The molecule has 0 bridgehead atoms. The van der Waals surface area contributed by atoms with Gasteiger partial charge in [0.25, 0.3) is 5.91 Å². The quantitative estimate of drug-likeness (QED) is 0.447. The molecule has 1 fully saturated rings. The molecule has 0 radical (unpaired) electrons. The molecule has 0 saturated carbocycles. The fourth-order valence-electron chi connectivity index (χ4n) is 3.55. The van der Waals surface area contributed by atoms with E-state index in [1.807, 2.05) is 22.8 Å². The lowest BCUT2D eigenvalue weighted by Gasteiger charge is -2.39. The maximum absolute atomic E-state index is 13.2. The summed E-state index contributed by atoms with van der Waals surface area (Å²) in [7, 11) is -1.51. The molecule has 2 aliphatic heterocycles. The molecule has 2 aliphatic rings. The number of carbonyl (C=O) groups excluding carboxylic acids is 2. The van der Waals surface area contributed by atoms with Crippen molar-refractivity contribution >= 4 is 20.0 Å². The van der Waals surface area contributed by atoms with Gasteiger partial charge in [-0.15, -0.1) is 5.54 Å². The summed E-state index contributed by atoms with van der Waals surface area (Å²) in [6.45, 7) is 9.29. The van der Waals surface area contributed by atoms with Gasteiger partial charge in [0.05, 0.1) is 29.6 Å². The van der Waals surface area contributed by atoms with Crippen LogP contribution in [0.1, 0.15) is 51.5 Å². The number of rotatable bonds is 2. The average molecular weight is 394 g/mol. The van der Waals surface area contributed by atoms with Crippen molar-refractivity contribution in [1.29, 1.82) is 0 Å². The van der Waals surface area contributed by atoms with E-state index in [1.54, 1.807) is 18.2 Å². The molecule has 0 spiro atoms. The van der Waals surface area contributed by atoms with E-state index in [9.17, 15) is 9.59 Å². The first-order valence-electron chi connectivity index (χ1n) is 9.53. The number of imidazole rings is 1. The molecule has 1 aromatic carbocycles. The largest absolute Gasteiger partial charge is 0.461 e. The van der Waals surface area contributed by atoms with E-state index in [-0.39, 0.29) is 18.6 Å². The highest BCUT2D eigenvalue weighted by molar-refractivity contribution is 6.83.